The van der Waals surface area contributed by atoms with E-state index in [1.165, 1.54) is 32.1 Å². The molecule has 2 aliphatic rings. The maximum Gasteiger partial charge on any atom is 0.213 e. The van der Waals surface area contributed by atoms with Crippen molar-refractivity contribution in [3.05, 3.63) is 23.9 Å². The summed E-state index contributed by atoms with van der Waals surface area (Å²) < 4.78 is 10.8. The van der Waals surface area contributed by atoms with Crippen LogP contribution in [0.25, 0.3) is 0 Å². The second-order valence-corrected chi connectivity index (χ2v) is 7.64. The molecule has 1 saturated carbocycles. The molecule has 1 saturated heterocycles. The molecule has 156 valence electrons. The highest BCUT2D eigenvalue weighted by Crippen LogP contribution is 2.33. The van der Waals surface area contributed by atoms with Crippen molar-refractivity contribution >= 4 is 5.96 Å². The summed E-state index contributed by atoms with van der Waals surface area (Å²) in [6, 6.07) is 3.91. The zero-order valence-electron chi connectivity index (χ0n) is 17.4. The van der Waals surface area contributed by atoms with Crippen LogP contribution in [-0.2, 0) is 11.3 Å². The normalized spacial score (nSPS) is 20.6. The number of pyridine rings is 1. The van der Waals surface area contributed by atoms with Crippen molar-refractivity contribution in [3.63, 3.8) is 0 Å². The molecule has 0 bridgehead atoms. The third-order valence-electron chi connectivity index (χ3n) is 5.82. The van der Waals surface area contributed by atoms with Gasteiger partial charge in [-0.1, -0.05) is 19.3 Å². The van der Waals surface area contributed by atoms with Crippen molar-refractivity contribution < 1.29 is 9.47 Å². The van der Waals surface area contributed by atoms with Crippen LogP contribution in [0.3, 0.4) is 0 Å². The fourth-order valence-corrected chi connectivity index (χ4v) is 4.27. The molecule has 1 aliphatic carbocycles. The second kappa shape index (κ2) is 10.6. The van der Waals surface area contributed by atoms with Crippen molar-refractivity contribution in [2.75, 3.05) is 46.5 Å². The van der Waals surface area contributed by atoms with E-state index >= 15 is 0 Å². The van der Waals surface area contributed by atoms with Crippen LogP contribution in [-0.4, -0.2) is 67.9 Å². The van der Waals surface area contributed by atoms with Crippen LogP contribution in [0, 0.1) is 0 Å². The third kappa shape index (κ3) is 5.58. The minimum atomic E-state index is 0.220. The predicted molar refractivity (Wildman–Crippen MR) is 112 cm³/mol. The summed E-state index contributed by atoms with van der Waals surface area (Å²) in [5, 5.41) is 7.03. The van der Waals surface area contributed by atoms with Gasteiger partial charge in [-0.2, -0.15) is 0 Å². The van der Waals surface area contributed by atoms with Crippen LogP contribution in [0.4, 0.5) is 0 Å². The molecular formula is C21H35N5O2. The smallest absolute Gasteiger partial charge is 0.213 e. The lowest BCUT2D eigenvalue weighted by Crippen LogP contribution is -2.60. The van der Waals surface area contributed by atoms with Crippen molar-refractivity contribution in [2.45, 2.75) is 51.1 Å². The van der Waals surface area contributed by atoms with Gasteiger partial charge in [-0.25, -0.2) is 9.98 Å². The maximum absolute atomic E-state index is 5.59. The van der Waals surface area contributed by atoms with E-state index in [0.717, 1.165) is 50.9 Å². The summed E-state index contributed by atoms with van der Waals surface area (Å²) in [5.41, 5.74) is 1.31. The van der Waals surface area contributed by atoms with Gasteiger partial charge in [-0.15, -0.1) is 0 Å². The highest BCUT2D eigenvalue weighted by molar-refractivity contribution is 5.79. The Morgan fingerprint density at radius 2 is 2.04 bits per heavy atom. The molecule has 0 aromatic carbocycles. The van der Waals surface area contributed by atoms with Gasteiger partial charge in [0.15, 0.2) is 5.96 Å². The molecule has 3 rings (SSSR count). The molecule has 0 spiro atoms. The number of guanidine groups is 1. The van der Waals surface area contributed by atoms with Crippen molar-refractivity contribution in [1.29, 1.82) is 0 Å². The Kier molecular flexibility index (Phi) is 7.91. The van der Waals surface area contributed by atoms with Gasteiger partial charge in [-0.05, 0) is 31.4 Å². The Balaban J connectivity index is 1.65. The number of morpholine rings is 1. The van der Waals surface area contributed by atoms with E-state index in [1.807, 2.05) is 12.1 Å². The first kappa shape index (κ1) is 20.9. The van der Waals surface area contributed by atoms with Gasteiger partial charge in [0.05, 0.1) is 26.9 Å². The fourth-order valence-electron chi connectivity index (χ4n) is 4.27. The molecule has 1 aromatic heterocycles. The third-order valence-corrected chi connectivity index (χ3v) is 5.82. The quantitative estimate of drug-likeness (QED) is 0.550. The number of aliphatic imine (C=N–C) groups is 1. The van der Waals surface area contributed by atoms with E-state index in [0.29, 0.717) is 12.4 Å². The van der Waals surface area contributed by atoms with Crippen molar-refractivity contribution in [2.24, 2.45) is 4.99 Å². The minimum Gasteiger partial charge on any atom is -0.481 e. The molecular weight excluding hydrogens is 354 g/mol. The zero-order chi connectivity index (χ0) is 19.7. The van der Waals surface area contributed by atoms with Crippen LogP contribution in [0.15, 0.2) is 23.3 Å². The van der Waals surface area contributed by atoms with Gasteiger partial charge in [-0.3, -0.25) is 4.90 Å². The monoisotopic (exact) mass is 389 g/mol. The average Bonchev–Trinajstić information content (AvgIpc) is 2.77. The summed E-state index contributed by atoms with van der Waals surface area (Å²) in [5.74, 6) is 1.50. The van der Waals surface area contributed by atoms with E-state index in [9.17, 15) is 0 Å². The summed E-state index contributed by atoms with van der Waals surface area (Å²) >= 11 is 0. The lowest BCUT2D eigenvalue weighted by Gasteiger charge is -2.48. The van der Waals surface area contributed by atoms with Gasteiger partial charge in [0, 0.05) is 44.0 Å². The molecule has 0 amide bonds. The highest BCUT2D eigenvalue weighted by Gasteiger charge is 2.38. The number of rotatable bonds is 7. The zero-order valence-corrected chi connectivity index (χ0v) is 17.4. The van der Waals surface area contributed by atoms with Crippen molar-refractivity contribution in [1.82, 2.24) is 20.5 Å². The number of hydrogen-bond acceptors (Lipinski definition) is 5. The number of hydrogen-bond donors (Lipinski definition) is 2. The van der Waals surface area contributed by atoms with Gasteiger partial charge in [0.25, 0.3) is 0 Å². The SMILES string of the molecule is CCNC(=NCc1ccnc(OC)c1)NCC1(N2CCOCC2)CCCCC1. The summed E-state index contributed by atoms with van der Waals surface area (Å²) in [4.78, 5) is 11.6. The Morgan fingerprint density at radius 1 is 1.25 bits per heavy atom. The van der Waals surface area contributed by atoms with E-state index < -0.39 is 0 Å². The number of ether oxygens (including phenoxy) is 2. The van der Waals surface area contributed by atoms with E-state index in [4.69, 9.17) is 14.5 Å². The lowest BCUT2D eigenvalue weighted by molar-refractivity contribution is -0.0352. The number of nitrogens with zero attached hydrogens (tertiary/aromatic N) is 3. The lowest BCUT2D eigenvalue weighted by atomic mass is 9.80. The van der Waals surface area contributed by atoms with Crippen LogP contribution in [0.1, 0.15) is 44.6 Å². The first-order chi connectivity index (χ1) is 13.8. The molecule has 7 heteroatoms. The molecule has 0 atom stereocenters. The molecule has 0 unspecified atom stereocenters. The average molecular weight is 390 g/mol. The Labute approximate surface area is 168 Å². The summed E-state index contributed by atoms with van der Waals surface area (Å²) in [6.07, 6.45) is 8.23. The highest BCUT2D eigenvalue weighted by atomic mass is 16.5. The van der Waals surface area contributed by atoms with Crippen LogP contribution in [0.5, 0.6) is 5.88 Å². The molecule has 0 radical (unpaired) electrons. The minimum absolute atomic E-state index is 0.220. The topological polar surface area (TPSA) is 71.0 Å². The summed E-state index contributed by atoms with van der Waals surface area (Å²) in [7, 11) is 1.64. The molecule has 7 nitrogen and oxygen atoms in total. The first-order valence-corrected chi connectivity index (χ1v) is 10.6. The molecule has 2 heterocycles. The largest absolute Gasteiger partial charge is 0.481 e. The number of methoxy groups -OCH3 is 1. The Hall–Kier alpha value is -1.86. The first-order valence-electron chi connectivity index (χ1n) is 10.6. The standard InChI is InChI=1S/C21H35N5O2/c1-3-22-20(24-16-18-7-10-23-19(15-18)27-2)25-17-21(8-5-4-6-9-21)26-11-13-28-14-12-26/h7,10,15H,3-6,8-9,11-14,16-17H2,1-2H3,(H2,22,24,25). The molecule has 1 aromatic rings. The Morgan fingerprint density at radius 3 is 2.75 bits per heavy atom. The van der Waals surface area contributed by atoms with E-state index in [1.54, 1.807) is 13.3 Å². The summed E-state index contributed by atoms with van der Waals surface area (Å²) in [6.45, 7) is 8.23. The Bertz CT molecular complexity index is 625. The molecule has 28 heavy (non-hydrogen) atoms. The van der Waals surface area contributed by atoms with Crippen LogP contribution < -0.4 is 15.4 Å². The number of aromatic nitrogens is 1. The van der Waals surface area contributed by atoms with Crippen LogP contribution in [0.2, 0.25) is 0 Å². The fraction of sp³-hybridized carbons (Fsp3) is 0.714. The predicted octanol–water partition coefficient (Wildman–Crippen LogP) is 2.18. The van der Waals surface area contributed by atoms with Crippen molar-refractivity contribution in [3.8, 4) is 5.88 Å². The van der Waals surface area contributed by atoms with E-state index in [2.05, 4.69) is 27.4 Å². The second-order valence-electron chi connectivity index (χ2n) is 7.64. The number of nitrogens with one attached hydrogen (secondary N) is 2. The molecule has 2 fully saturated rings. The van der Waals surface area contributed by atoms with Gasteiger partial charge in [0.2, 0.25) is 5.88 Å². The van der Waals surface area contributed by atoms with Crippen LogP contribution >= 0.6 is 0 Å². The van der Waals surface area contributed by atoms with Gasteiger partial charge in [0.1, 0.15) is 0 Å². The van der Waals surface area contributed by atoms with Gasteiger partial charge < -0.3 is 20.1 Å². The molecule has 1 aliphatic heterocycles. The maximum atomic E-state index is 5.59. The van der Waals surface area contributed by atoms with E-state index in [-0.39, 0.29) is 5.54 Å². The van der Waals surface area contributed by atoms with Gasteiger partial charge >= 0.3 is 0 Å². The molecule has 2 N–H and O–H groups in total.